The van der Waals surface area contributed by atoms with Crippen LogP contribution in [-0.4, -0.2) is 66.3 Å². The van der Waals surface area contributed by atoms with E-state index in [4.69, 9.17) is 5.11 Å². The van der Waals surface area contributed by atoms with Crippen LogP contribution in [0.15, 0.2) is 41.3 Å². The smallest absolute Gasteiger partial charge is 0.327 e. The second kappa shape index (κ2) is 9.33. The first-order chi connectivity index (χ1) is 15.3. The molecule has 8 nitrogen and oxygen atoms in total. The Kier molecular flexibility index (Phi) is 6.69. The molecular formula is C23H31N3O5S. The van der Waals surface area contributed by atoms with Gasteiger partial charge in [0.05, 0.1) is 4.90 Å². The number of hydrogen-bond acceptors (Lipinski definition) is 5. The van der Waals surface area contributed by atoms with Crippen molar-refractivity contribution in [3.8, 4) is 0 Å². The van der Waals surface area contributed by atoms with E-state index < -0.39 is 16.0 Å². The van der Waals surface area contributed by atoms with Gasteiger partial charge in [-0.05, 0) is 81.3 Å². The van der Waals surface area contributed by atoms with Crippen molar-refractivity contribution in [1.82, 2.24) is 9.21 Å². The number of carbonyl (C=O) groups is 2. The first kappa shape index (κ1) is 22.9. The predicted octanol–water partition coefficient (Wildman–Crippen LogP) is 2.54. The SMILES string of the molecule is CC(=O)Nc1ccc(S(=O)(=O)N2C[C@@H]3CCCN4CCC[C@@H]([C@H]34)[C@H]2C/C=C/C(=O)O)cc1. The van der Waals surface area contributed by atoms with E-state index in [2.05, 4.69) is 10.2 Å². The molecule has 0 spiro atoms. The molecule has 0 aromatic heterocycles. The van der Waals surface area contributed by atoms with Gasteiger partial charge in [0.15, 0.2) is 0 Å². The number of rotatable bonds is 6. The lowest BCUT2D eigenvalue weighted by atomic mass is 9.70. The van der Waals surface area contributed by atoms with Gasteiger partial charge in [-0.2, -0.15) is 4.31 Å². The molecule has 0 bridgehead atoms. The number of nitrogens with one attached hydrogen (secondary N) is 1. The van der Waals surface area contributed by atoms with Crippen molar-refractivity contribution in [3.05, 3.63) is 36.4 Å². The molecule has 3 fully saturated rings. The van der Waals surface area contributed by atoms with E-state index in [9.17, 15) is 18.0 Å². The predicted molar refractivity (Wildman–Crippen MR) is 121 cm³/mol. The van der Waals surface area contributed by atoms with Crippen molar-refractivity contribution in [2.75, 3.05) is 25.0 Å². The van der Waals surface area contributed by atoms with Gasteiger partial charge >= 0.3 is 5.97 Å². The number of aliphatic carboxylic acids is 1. The van der Waals surface area contributed by atoms with E-state index in [1.54, 1.807) is 22.5 Å². The zero-order valence-electron chi connectivity index (χ0n) is 18.3. The number of sulfonamides is 1. The number of amides is 1. The molecule has 0 aliphatic carbocycles. The van der Waals surface area contributed by atoms with E-state index in [-0.39, 0.29) is 22.8 Å². The summed E-state index contributed by atoms with van der Waals surface area (Å²) in [5.74, 6) is -0.756. The van der Waals surface area contributed by atoms with Crippen molar-refractivity contribution in [2.24, 2.45) is 11.8 Å². The summed E-state index contributed by atoms with van der Waals surface area (Å²) in [7, 11) is -3.77. The van der Waals surface area contributed by atoms with Gasteiger partial charge in [-0.3, -0.25) is 9.69 Å². The van der Waals surface area contributed by atoms with Crippen molar-refractivity contribution in [1.29, 1.82) is 0 Å². The fourth-order valence-electron chi connectivity index (χ4n) is 5.88. The van der Waals surface area contributed by atoms with Crippen molar-refractivity contribution >= 4 is 27.6 Å². The van der Waals surface area contributed by atoms with Crippen LogP contribution in [-0.2, 0) is 19.6 Å². The molecule has 3 aliphatic rings. The Hall–Kier alpha value is -2.23. The molecule has 3 heterocycles. The third kappa shape index (κ3) is 4.60. The highest BCUT2D eigenvalue weighted by Crippen LogP contribution is 2.44. The molecule has 9 heteroatoms. The van der Waals surface area contributed by atoms with Crippen LogP contribution in [0.5, 0.6) is 0 Å². The third-order valence-corrected chi connectivity index (χ3v) is 8.95. The molecule has 1 aromatic rings. The Morgan fingerprint density at radius 3 is 2.50 bits per heavy atom. The Balaban J connectivity index is 1.67. The topological polar surface area (TPSA) is 107 Å². The highest BCUT2D eigenvalue weighted by molar-refractivity contribution is 7.89. The maximum atomic E-state index is 13.7. The normalized spacial score (nSPS) is 28.9. The Morgan fingerprint density at radius 2 is 1.84 bits per heavy atom. The quantitative estimate of drug-likeness (QED) is 0.631. The van der Waals surface area contributed by atoms with E-state index in [0.29, 0.717) is 30.6 Å². The van der Waals surface area contributed by atoms with Crippen molar-refractivity contribution in [2.45, 2.75) is 56.0 Å². The van der Waals surface area contributed by atoms with Gasteiger partial charge in [0.2, 0.25) is 15.9 Å². The summed E-state index contributed by atoms with van der Waals surface area (Å²) >= 11 is 0. The summed E-state index contributed by atoms with van der Waals surface area (Å²) in [6.45, 7) is 3.99. The van der Waals surface area contributed by atoms with Crippen LogP contribution in [0.25, 0.3) is 0 Å². The largest absolute Gasteiger partial charge is 0.478 e. The molecule has 0 saturated carbocycles. The summed E-state index contributed by atoms with van der Waals surface area (Å²) in [6, 6.07) is 6.37. The van der Waals surface area contributed by atoms with E-state index in [1.807, 2.05) is 0 Å². The molecule has 1 amide bonds. The lowest BCUT2D eigenvalue weighted by Gasteiger charge is -2.56. The molecule has 0 radical (unpaired) electrons. The fourth-order valence-corrected chi connectivity index (χ4v) is 7.62. The number of carboxylic acid groups (broad SMARTS) is 1. The van der Waals surface area contributed by atoms with Crippen LogP contribution < -0.4 is 5.32 Å². The van der Waals surface area contributed by atoms with E-state index in [0.717, 1.165) is 44.8 Å². The molecule has 4 atom stereocenters. The van der Waals surface area contributed by atoms with Crippen LogP contribution in [0.1, 0.15) is 39.0 Å². The maximum Gasteiger partial charge on any atom is 0.327 e. The third-order valence-electron chi connectivity index (χ3n) is 7.04. The number of nitrogens with zero attached hydrogens (tertiary/aromatic N) is 2. The minimum absolute atomic E-state index is 0.190. The van der Waals surface area contributed by atoms with Gasteiger partial charge in [0.25, 0.3) is 0 Å². The molecule has 0 unspecified atom stereocenters. The minimum Gasteiger partial charge on any atom is -0.478 e. The highest BCUT2D eigenvalue weighted by atomic mass is 32.2. The first-order valence-corrected chi connectivity index (χ1v) is 12.7. The number of benzene rings is 1. The first-order valence-electron chi connectivity index (χ1n) is 11.3. The van der Waals surface area contributed by atoms with Crippen molar-refractivity contribution < 1.29 is 23.1 Å². The van der Waals surface area contributed by atoms with E-state index >= 15 is 0 Å². The fraction of sp³-hybridized carbons (Fsp3) is 0.565. The summed E-state index contributed by atoms with van der Waals surface area (Å²) in [5, 5.41) is 11.7. The lowest BCUT2D eigenvalue weighted by molar-refractivity contribution is -0.131. The number of piperidine rings is 3. The molecule has 174 valence electrons. The van der Waals surface area contributed by atoms with Gasteiger partial charge in [0, 0.05) is 37.3 Å². The van der Waals surface area contributed by atoms with Gasteiger partial charge in [-0.15, -0.1) is 0 Å². The summed E-state index contributed by atoms with van der Waals surface area (Å²) < 4.78 is 29.1. The van der Waals surface area contributed by atoms with Crippen LogP contribution in [0.2, 0.25) is 0 Å². The van der Waals surface area contributed by atoms with E-state index in [1.165, 1.54) is 19.1 Å². The minimum atomic E-state index is -3.77. The average molecular weight is 462 g/mol. The molecular weight excluding hydrogens is 430 g/mol. The number of hydrogen-bond donors (Lipinski definition) is 2. The summed E-state index contributed by atoms with van der Waals surface area (Å²) in [5.41, 5.74) is 0.548. The Bertz CT molecular complexity index is 989. The van der Waals surface area contributed by atoms with Crippen LogP contribution in [0.4, 0.5) is 5.69 Å². The Labute approximate surface area is 189 Å². The summed E-state index contributed by atoms with van der Waals surface area (Å²) in [4.78, 5) is 25.0. The monoisotopic (exact) mass is 461 g/mol. The van der Waals surface area contributed by atoms with Crippen LogP contribution in [0.3, 0.4) is 0 Å². The van der Waals surface area contributed by atoms with Gasteiger partial charge in [-0.1, -0.05) is 6.08 Å². The second-order valence-corrected chi connectivity index (χ2v) is 10.9. The molecule has 32 heavy (non-hydrogen) atoms. The molecule has 3 aliphatic heterocycles. The van der Waals surface area contributed by atoms with Crippen LogP contribution >= 0.6 is 0 Å². The number of carboxylic acids is 1. The maximum absolute atomic E-state index is 13.7. The number of anilines is 1. The highest BCUT2D eigenvalue weighted by Gasteiger charge is 2.51. The number of carbonyl (C=O) groups excluding carboxylic acids is 1. The van der Waals surface area contributed by atoms with Crippen molar-refractivity contribution in [3.63, 3.8) is 0 Å². The molecule has 4 rings (SSSR count). The average Bonchev–Trinajstić information content (AvgIpc) is 2.75. The zero-order chi connectivity index (χ0) is 22.9. The standard InChI is InChI=1S/C23H31N3O5S/c1-16(27)24-18-9-11-19(12-10-18)32(30,31)26-15-17-5-3-13-25-14-4-6-20(23(17)25)21(26)7-2-8-22(28)29/h2,8-12,17,20-21,23H,3-7,13-15H2,1H3,(H,24,27)(H,28,29)/b8-2+/t17-,20+,21+,23-/m0/s1. The van der Waals surface area contributed by atoms with Gasteiger partial charge < -0.3 is 10.4 Å². The van der Waals surface area contributed by atoms with Gasteiger partial charge in [0.1, 0.15) is 0 Å². The van der Waals surface area contributed by atoms with Gasteiger partial charge in [-0.25, -0.2) is 13.2 Å². The lowest BCUT2D eigenvalue weighted by Crippen LogP contribution is -2.65. The molecule has 3 saturated heterocycles. The zero-order valence-corrected chi connectivity index (χ0v) is 19.1. The molecule has 2 N–H and O–H groups in total. The summed E-state index contributed by atoms with van der Waals surface area (Å²) in [6.07, 6.45) is 7.18. The Morgan fingerprint density at radius 1 is 1.16 bits per heavy atom. The second-order valence-electron chi connectivity index (χ2n) is 9.06. The van der Waals surface area contributed by atoms with Crippen LogP contribution in [0, 0.1) is 11.8 Å². The molecule has 1 aromatic carbocycles.